The Morgan fingerprint density at radius 2 is 2.09 bits per heavy atom. The Balaban J connectivity index is 1.63. The van der Waals surface area contributed by atoms with Crippen molar-refractivity contribution < 1.29 is 4.79 Å². The van der Waals surface area contributed by atoms with Crippen molar-refractivity contribution in [3.8, 4) is 0 Å². The van der Waals surface area contributed by atoms with Gasteiger partial charge in [0.1, 0.15) is 4.83 Å². The van der Waals surface area contributed by atoms with E-state index >= 15 is 0 Å². The number of H-pyrrole nitrogens is 1. The molecular formula is C16H22N4O2S. The zero-order valence-electron chi connectivity index (χ0n) is 13.4. The van der Waals surface area contributed by atoms with Gasteiger partial charge < -0.3 is 15.2 Å². The van der Waals surface area contributed by atoms with Crippen LogP contribution in [0.4, 0.5) is 0 Å². The molecule has 0 atom stereocenters. The van der Waals surface area contributed by atoms with Gasteiger partial charge in [-0.05, 0) is 38.4 Å². The predicted octanol–water partition coefficient (Wildman–Crippen LogP) is 1.90. The number of thiophene rings is 1. The fourth-order valence-corrected chi connectivity index (χ4v) is 4.13. The molecule has 7 heteroatoms. The molecule has 0 aliphatic carbocycles. The highest BCUT2D eigenvalue weighted by Gasteiger charge is 2.18. The second-order valence-corrected chi connectivity index (χ2v) is 6.98. The van der Waals surface area contributed by atoms with E-state index in [1.165, 1.54) is 43.3 Å². The van der Waals surface area contributed by atoms with Gasteiger partial charge in [0.25, 0.3) is 11.5 Å². The van der Waals surface area contributed by atoms with Gasteiger partial charge in [0.2, 0.25) is 0 Å². The lowest BCUT2D eigenvalue weighted by atomic mass is 10.2. The zero-order valence-corrected chi connectivity index (χ0v) is 14.2. The van der Waals surface area contributed by atoms with E-state index in [9.17, 15) is 9.59 Å². The van der Waals surface area contributed by atoms with E-state index < -0.39 is 0 Å². The maximum Gasteiger partial charge on any atom is 0.261 e. The highest BCUT2D eigenvalue weighted by atomic mass is 32.1. The maximum absolute atomic E-state index is 12.4. The Morgan fingerprint density at radius 1 is 1.35 bits per heavy atom. The SMILES string of the molecule is Cc1c(C(=O)NCCN2CCCCCC2)sc2nc[nH]c(=O)c12. The molecule has 23 heavy (non-hydrogen) atoms. The number of carbonyl (C=O) groups is 1. The molecule has 0 spiro atoms. The molecule has 0 bridgehead atoms. The van der Waals surface area contributed by atoms with E-state index in [1.807, 2.05) is 0 Å². The Labute approximate surface area is 138 Å². The Bertz CT molecular complexity index is 744. The first-order valence-electron chi connectivity index (χ1n) is 8.14. The molecule has 1 fully saturated rings. The minimum atomic E-state index is -0.188. The number of hydrogen-bond donors (Lipinski definition) is 2. The lowest BCUT2D eigenvalue weighted by Gasteiger charge is -2.19. The van der Waals surface area contributed by atoms with Gasteiger partial charge >= 0.3 is 0 Å². The first kappa shape index (κ1) is 16.1. The maximum atomic E-state index is 12.4. The van der Waals surface area contributed by atoms with Gasteiger partial charge in [-0.15, -0.1) is 11.3 Å². The molecule has 1 amide bonds. The standard InChI is InChI=1S/C16H22N4O2S/c1-11-12-14(21)18-10-19-16(12)23-13(11)15(22)17-6-9-20-7-4-2-3-5-8-20/h10H,2-9H2,1H3,(H,17,22)(H,18,19,21). The summed E-state index contributed by atoms with van der Waals surface area (Å²) in [5, 5.41) is 3.50. The number of aromatic amines is 1. The first-order valence-corrected chi connectivity index (χ1v) is 8.96. The molecule has 6 nitrogen and oxygen atoms in total. The van der Waals surface area contributed by atoms with Crippen LogP contribution in [0, 0.1) is 6.92 Å². The van der Waals surface area contributed by atoms with Crippen molar-refractivity contribution in [2.24, 2.45) is 0 Å². The van der Waals surface area contributed by atoms with Crippen molar-refractivity contribution in [2.45, 2.75) is 32.6 Å². The van der Waals surface area contributed by atoms with Crippen LogP contribution in [0.5, 0.6) is 0 Å². The van der Waals surface area contributed by atoms with E-state index in [2.05, 4.69) is 20.2 Å². The molecule has 1 aliphatic heterocycles. The second kappa shape index (κ2) is 7.23. The molecule has 3 rings (SSSR count). The number of amides is 1. The lowest BCUT2D eigenvalue weighted by Crippen LogP contribution is -2.35. The predicted molar refractivity (Wildman–Crippen MR) is 92.2 cm³/mol. The third-order valence-electron chi connectivity index (χ3n) is 4.35. The van der Waals surface area contributed by atoms with Gasteiger partial charge in [0, 0.05) is 13.1 Å². The number of aryl methyl sites for hydroxylation is 1. The van der Waals surface area contributed by atoms with Gasteiger partial charge in [-0.1, -0.05) is 12.8 Å². The molecule has 2 N–H and O–H groups in total. The van der Waals surface area contributed by atoms with Crippen molar-refractivity contribution in [3.63, 3.8) is 0 Å². The topological polar surface area (TPSA) is 78.1 Å². The van der Waals surface area contributed by atoms with Gasteiger partial charge in [-0.3, -0.25) is 9.59 Å². The summed E-state index contributed by atoms with van der Waals surface area (Å²) in [4.78, 5) is 34.6. The van der Waals surface area contributed by atoms with Crippen LogP contribution in [0.15, 0.2) is 11.1 Å². The number of carbonyl (C=O) groups excluding carboxylic acids is 1. The third kappa shape index (κ3) is 3.61. The number of fused-ring (bicyclic) bond motifs is 1. The molecule has 1 aliphatic rings. The minimum absolute atomic E-state index is 0.111. The van der Waals surface area contributed by atoms with E-state index in [0.29, 0.717) is 27.2 Å². The summed E-state index contributed by atoms with van der Waals surface area (Å²) in [5.74, 6) is -0.111. The van der Waals surface area contributed by atoms with Gasteiger partial charge in [0.05, 0.1) is 16.6 Å². The molecule has 0 saturated carbocycles. The van der Waals surface area contributed by atoms with Crippen LogP contribution >= 0.6 is 11.3 Å². The number of rotatable bonds is 4. The molecule has 0 radical (unpaired) electrons. The largest absolute Gasteiger partial charge is 0.350 e. The smallest absolute Gasteiger partial charge is 0.261 e. The van der Waals surface area contributed by atoms with Crippen molar-refractivity contribution in [1.29, 1.82) is 0 Å². The van der Waals surface area contributed by atoms with Crippen LogP contribution in [-0.2, 0) is 0 Å². The van der Waals surface area contributed by atoms with Crippen LogP contribution in [0.2, 0.25) is 0 Å². The zero-order chi connectivity index (χ0) is 16.2. The summed E-state index contributed by atoms with van der Waals surface area (Å²) < 4.78 is 0. The number of nitrogens with zero attached hydrogens (tertiary/aromatic N) is 2. The number of nitrogens with one attached hydrogen (secondary N) is 2. The number of hydrogen-bond acceptors (Lipinski definition) is 5. The number of aromatic nitrogens is 2. The van der Waals surface area contributed by atoms with Crippen LogP contribution in [-0.4, -0.2) is 47.0 Å². The van der Waals surface area contributed by atoms with Crippen LogP contribution in [0.1, 0.15) is 40.9 Å². The van der Waals surface area contributed by atoms with Crippen LogP contribution in [0.25, 0.3) is 10.2 Å². The van der Waals surface area contributed by atoms with Gasteiger partial charge in [0.15, 0.2) is 0 Å². The monoisotopic (exact) mass is 334 g/mol. The molecule has 1 saturated heterocycles. The minimum Gasteiger partial charge on any atom is -0.350 e. The second-order valence-electron chi connectivity index (χ2n) is 5.98. The van der Waals surface area contributed by atoms with Crippen molar-refractivity contribution in [3.05, 3.63) is 27.1 Å². The van der Waals surface area contributed by atoms with Crippen molar-refractivity contribution in [1.82, 2.24) is 20.2 Å². The summed E-state index contributed by atoms with van der Waals surface area (Å²) in [6.45, 7) is 5.57. The molecular weight excluding hydrogens is 312 g/mol. The highest BCUT2D eigenvalue weighted by Crippen LogP contribution is 2.26. The summed E-state index contributed by atoms with van der Waals surface area (Å²) >= 11 is 1.28. The normalized spacial score (nSPS) is 16.4. The average molecular weight is 334 g/mol. The van der Waals surface area contributed by atoms with Gasteiger partial charge in [-0.25, -0.2) is 4.98 Å². The van der Waals surface area contributed by atoms with Crippen molar-refractivity contribution in [2.75, 3.05) is 26.2 Å². The Hall–Kier alpha value is -1.73. The van der Waals surface area contributed by atoms with E-state index in [-0.39, 0.29) is 11.5 Å². The molecule has 2 aromatic rings. The first-order chi connectivity index (χ1) is 11.2. The summed E-state index contributed by atoms with van der Waals surface area (Å²) in [6, 6.07) is 0. The quantitative estimate of drug-likeness (QED) is 0.895. The Kier molecular flexibility index (Phi) is 5.07. The molecule has 0 aromatic carbocycles. The third-order valence-corrected chi connectivity index (χ3v) is 5.55. The van der Waals surface area contributed by atoms with Crippen molar-refractivity contribution >= 4 is 27.5 Å². The molecule has 2 aromatic heterocycles. The highest BCUT2D eigenvalue weighted by molar-refractivity contribution is 7.20. The summed E-state index contributed by atoms with van der Waals surface area (Å²) in [5.41, 5.74) is 0.527. The lowest BCUT2D eigenvalue weighted by molar-refractivity contribution is 0.0952. The molecule has 3 heterocycles. The van der Waals surface area contributed by atoms with Gasteiger partial charge in [-0.2, -0.15) is 0 Å². The number of likely N-dealkylation sites (tertiary alicyclic amines) is 1. The fourth-order valence-electron chi connectivity index (χ4n) is 3.06. The van der Waals surface area contributed by atoms with Crippen LogP contribution < -0.4 is 10.9 Å². The van der Waals surface area contributed by atoms with E-state index in [4.69, 9.17) is 0 Å². The Morgan fingerprint density at radius 3 is 2.78 bits per heavy atom. The summed E-state index contributed by atoms with van der Waals surface area (Å²) in [7, 11) is 0. The van der Waals surface area contributed by atoms with Crippen LogP contribution in [0.3, 0.4) is 0 Å². The fraction of sp³-hybridized carbons (Fsp3) is 0.562. The molecule has 0 unspecified atom stereocenters. The van der Waals surface area contributed by atoms with E-state index in [0.717, 1.165) is 19.6 Å². The average Bonchev–Trinajstić information content (AvgIpc) is 2.72. The van der Waals surface area contributed by atoms with E-state index in [1.54, 1.807) is 6.92 Å². The summed E-state index contributed by atoms with van der Waals surface area (Å²) in [6.07, 6.45) is 6.49. The molecule has 124 valence electrons.